The van der Waals surface area contributed by atoms with Crippen LogP contribution >= 0.6 is 24.0 Å². The molecular formula is C27H23N3O3S2. The van der Waals surface area contributed by atoms with Crippen molar-refractivity contribution in [3.63, 3.8) is 0 Å². The van der Waals surface area contributed by atoms with Gasteiger partial charge >= 0.3 is 0 Å². The highest BCUT2D eigenvalue weighted by atomic mass is 32.2. The van der Waals surface area contributed by atoms with Crippen molar-refractivity contribution in [2.45, 2.75) is 20.4 Å². The molecule has 2 aromatic carbocycles. The monoisotopic (exact) mass is 501 g/mol. The molecule has 0 aliphatic carbocycles. The first-order chi connectivity index (χ1) is 17.0. The van der Waals surface area contributed by atoms with Crippen LogP contribution in [0.2, 0.25) is 0 Å². The average molecular weight is 502 g/mol. The van der Waals surface area contributed by atoms with Crippen LogP contribution in [0.5, 0.6) is 5.75 Å². The largest absolute Gasteiger partial charge is 0.494 e. The Morgan fingerprint density at radius 3 is 2.69 bits per heavy atom. The van der Waals surface area contributed by atoms with Crippen LogP contribution in [-0.4, -0.2) is 31.5 Å². The van der Waals surface area contributed by atoms with Crippen molar-refractivity contribution >= 4 is 40.3 Å². The van der Waals surface area contributed by atoms with Crippen LogP contribution < -0.4 is 4.74 Å². The van der Waals surface area contributed by atoms with Gasteiger partial charge in [-0.05, 0) is 68.0 Å². The SMILES string of the molecule is CCOc1ccc(-c2nn(-c3ccccc3)cc2/C=C2/SC(=S)N(Cc3ccco3)C2=O)cc1C. The lowest BCUT2D eigenvalue weighted by molar-refractivity contribution is -0.122. The molecule has 4 aromatic rings. The zero-order chi connectivity index (χ0) is 24.4. The second-order valence-electron chi connectivity index (χ2n) is 7.97. The number of carbonyl (C=O) groups is 1. The number of rotatable bonds is 7. The van der Waals surface area contributed by atoms with E-state index in [0.29, 0.717) is 28.1 Å². The number of para-hydroxylation sites is 1. The topological polar surface area (TPSA) is 60.5 Å². The minimum Gasteiger partial charge on any atom is -0.494 e. The van der Waals surface area contributed by atoms with Gasteiger partial charge in [0.15, 0.2) is 0 Å². The Kier molecular flexibility index (Phi) is 6.57. The minimum absolute atomic E-state index is 0.141. The van der Waals surface area contributed by atoms with Gasteiger partial charge in [-0.25, -0.2) is 4.68 Å². The van der Waals surface area contributed by atoms with Crippen molar-refractivity contribution in [1.29, 1.82) is 0 Å². The maximum atomic E-state index is 13.2. The Morgan fingerprint density at radius 2 is 1.97 bits per heavy atom. The molecule has 0 unspecified atom stereocenters. The number of carbonyl (C=O) groups excluding carboxylic acids is 1. The summed E-state index contributed by atoms with van der Waals surface area (Å²) in [4.78, 5) is 15.3. The molecular weight excluding hydrogens is 478 g/mol. The summed E-state index contributed by atoms with van der Waals surface area (Å²) in [6.45, 7) is 4.90. The molecule has 0 radical (unpaired) electrons. The van der Waals surface area contributed by atoms with E-state index in [1.165, 1.54) is 11.8 Å². The first kappa shape index (κ1) is 23.1. The number of aromatic nitrogens is 2. The Labute approximate surface area is 213 Å². The lowest BCUT2D eigenvalue weighted by atomic mass is 10.0. The highest BCUT2D eigenvalue weighted by molar-refractivity contribution is 8.26. The van der Waals surface area contributed by atoms with Crippen molar-refractivity contribution in [2.75, 3.05) is 6.61 Å². The number of hydrogen-bond acceptors (Lipinski definition) is 6. The van der Waals surface area contributed by atoms with Crippen molar-refractivity contribution < 1.29 is 13.9 Å². The van der Waals surface area contributed by atoms with Gasteiger partial charge in [0.1, 0.15) is 21.5 Å². The molecule has 6 nitrogen and oxygen atoms in total. The van der Waals surface area contributed by atoms with Gasteiger partial charge in [-0.1, -0.05) is 42.2 Å². The molecule has 0 N–H and O–H groups in total. The standard InChI is InChI=1S/C27H23N3O3S2/c1-3-32-23-12-11-19(14-18(23)2)25-20(16-30(28-25)21-8-5-4-6-9-21)15-24-26(31)29(27(34)35-24)17-22-10-7-13-33-22/h4-16H,3,17H2,1-2H3/b24-15+. The first-order valence-corrected chi connectivity index (χ1v) is 12.4. The predicted octanol–water partition coefficient (Wildman–Crippen LogP) is 6.24. The summed E-state index contributed by atoms with van der Waals surface area (Å²) in [5, 5.41) is 4.88. The van der Waals surface area contributed by atoms with Gasteiger partial charge in [0.05, 0.1) is 30.0 Å². The van der Waals surface area contributed by atoms with Crippen molar-refractivity contribution in [3.8, 4) is 22.7 Å². The zero-order valence-corrected chi connectivity index (χ0v) is 20.9. The number of benzene rings is 2. The van der Waals surface area contributed by atoms with E-state index in [1.807, 2.05) is 79.3 Å². The lowest BCUT2D eigenvalue weighted by Crippen LogP contribution is -2.27. The van der Waals surface area contributed by atoms with E-state index in [0.717, 1.165) is 33.8 Å². The second-order valence-corrected chi connectivity index (χ2v) is 9.65. The molecule has 0 saturated carbocycles. The van der Waals surface area contributed by atoms with Crippen molar-refractivity contribution in [2.24, 2.45) is 0 Å². The number of hydrogen-bond donors (Lipinski definition) is 0. The number of furan rings is 1. The van der Waals surface area contributed by atoms with E-state index in [2.05, 4.69) is 6.07 Å². The molecule has 0 bridgehead atoms. The molecule has 1 aliphatic heterocycles. The van der Waals surface area contributed by atoms with E-state index in [1.54, 1.807) is 17.2 Å². The number of thiocarbonyl (C=S) groups is 1. The van der Waals surface area contributed by atoms with E-state index in [4.69, 9.17) is 26.5 Å². The Bertz CT molecular complexity index is 1410. The van der Waals surface area contributed by atoms with Gasteiger partial charge in [0.2, 0.25) is 0 Å². The van der Waals surface area contributed by atoms with Crippen LogP contribution in [-0.2, 0) is 11.3 Å². The molecule has 1 amide bonds. The fourth-order valence-electron chi connectivity index (χ4n) is 3.88. The molecule has 8 heteroatoms. The van der Waals surface area contributed by atoms with Gasteiger partial charge in [0.25, 0.3) is 5.91 Å². The van der Waals surface area contributed by atoms with Gasteiger partial charge < -0.3 is 9.15 Å². The van der Waals surface area contributed by atoms with Gasteiger partial charge in [0, 0.05) is 17.3 Å². The zero-order valence-electron chi connectivity index (χ0n) is 19.3. The summed E-state index contributed by atoms with van der Waals surface area (Å²) >= 11 is 6.79. The third-order valence-electron chi connectivity index (χ3n) is 5.57. The van der Waals surface area contributed by atoms with E-state index in [9.17, 15) is 4.79 Å². The van der Waals surface area contributed by atoms with Gasteiger partial charge in [-0.2, -0.15) is 5.10 Å². The summed E-state index contributed by atoms with van der Waals surface area (Å²) in [6.07, 6.45) is 5.40. The smallest absolute Gasteiger partial charge is 0.266 e. The molecule has 176 valence electrons. The molecule has 1 saturated heterocycles. The number of ether oxygens (including phenoxy) is 1. The highest BCUT2D eigenvalue weighted by Gasteiger charge is 2.33. The summed E-state index contributed by atoms with van der Waals surface area (Å²) in [6, 6.07) is 19.5. The molecule has 1 aliphatic rings. The first-order valence-electron chi connectivity index (χ1n) is 11.2. The molecule has 35 heavy (non-hydrogen) atoms. The fraction of sp³-hybridized carbons (Fsp3) is 0.148. The maximum Gasteiger partial charge on any atom is 0.266 e. The number of thioether (sulfide) groups is 1. The van der Waals surface area contributed by atoms with Gasteiger partial charge in [-0.3, -0.25) is 9.69 Å². The predicted molar refractivity (Wildman–Crippen MR) is 142 cm³/mol. The number of aryl methyl sites for hydroxylation is 1. The summed E-state index contributed by atoms with van der Waals surface area (Å²) in [7, 11) is 0. The highest BCUT2D eigenvalue weighted by Crippen LogP contribution is 2.36. The van der Waals surface area contributed by atoms with Crippen molar-refractivity contribution in [1.82, 2.24) is 14.7 Å². The summed E-state index contributed by atoms with van der Waals surface area (Å²) in [5.74, 6) is 1.39. The van der Waals surface area contributed by atoms with Gasteiger partial charge in [-0.15, -0.1) is 0 Å². The van der Waals surface area contributed by atoms with Crippen molar-refractivity contribution in [3.05, 3.63) is 94.9 Å². The van der Waals surface area contributed by atoms with Crippen LogP contribution in [0.4, 0.5) is 0 Å². The maximum absolute atomic E-state index is 13.2. The number of amides is 1. The second kappa shape index (κ2) is 9.93. The third kappa shape index (κ3) is 4.80. The third-order valence-corrected chi connectivity index (χ3v) is 6.94. The van der Waals surface area contributed by atoms with E-state index in [-0.39, 0.29) is 5.91 Å². The lowest BCUT2D eigenvalue weighted by Gasteiger charge is -2.12. The van der Waals surface area contributed by atoms with Crippen LogP contribution in [0.25, 0.3) is 23.0 Å². The minimum atomic E-state index is -0.141. The molecule has 2 aromatic heterocycles. The quantitative estimate of drug-likeness (QED) is 0.221. The molecule has 3 heterocycles. The normalized spacial score (nSPS) is 14.8. The van der Waals surface area contributed by atoms with Crippen LogP contribution in [0.1, 0.15) is 23.8 Å². The van der Waals surface area contributed by atoms with E-state index < -0.39 is 0 Å². The molecule has 0 atom stereocenters. The molecule has 0 spiro atoms. The summed E-state index contributed by atoms with van der Waals surface area (Å²) < 4.78 is 13.5. The van der Waals surface area contributed by atoms with Crippen LogP contribution in [0.15, 0.2) is 82.4 Å². The van der Waals surface area contributed by atoms with Crippen LogP contribution in [0, 0.1) is 6.92 Å². The summed E-state index contributed by atoms with van der Waals surface area (Å²) in [5.41, 5.74) is 4.50. The van der Waals surface area contributed by atoms with Crippen LogP contribution in [0.3, 0.4) is 0 Å². The average Bonchev–Trinajstić information content (AvgIpc) is 3.59. The number of nitrogens with zero attached hydrogens (tertiary/aromatic N) is 3. The fourth-order valence-corrected chi connectivity index (χ4v) is 5.13. The van der Waals surface area contributed by atoms with E-state index >= 15 is 0 Å². The Morgan fingerprint density at radius 1 is 1.14 bits per heavy atom. The Balaban J connectivity index is 1.54. The Hall–Kier alpha value is -3.62. The molecule has 5 rings (SSSR count). The molecule has 1 fully saturated rings.